The third-order valence-corrected chi connectivity index (χ3v) is 4.51. The lowest BCUT2D eigenvalue weighted by molar-refractivity contribution is -0.128. The second kappa shape index (κ2) is 9.64. The molecule has 1 heterocycles. The highest BCUT2D eigenvalue weighted by Gasteiger charge is 2.18. The SMILES string of the molecule is CC[C@@H](Oc1ccc(C)cc1)C(=O)NCCCN1CCN(C)CC1. The van der Waals surface area contributed by atoms with Crippen molar-refractivity contribution in [1.82, 2.24) is 15.1 Å². The molecule has 1 aromatic rings. The first-order valence-corrected chi connectivity index (χ1v) is 9.00. The van der Waals surface area contributed by atoms with Gasteiger partial charge in [-0.2, -0.15) is 0 Å². The lowest BCUT2D eigenvalue weighted by Crippen LogP contribution is -2.45. The Hall–Kier alpha value is -1.59. The number of amides is 1. The van der Waals surface area contributed by atoms with Crippen LogP contribution in [-0.4, -0.2) is 68.1 Å². The van der Waals surface area contributed by atoms with Crippen LogP contribution in [0.1, 0.15) is 25.3 Å². The van der Waals surface area contributed by atoms with Crippen LogP contribution in [0.5, 0.6) is 5.75 Å². The van der Waals surface area contributed by atoms with Gasteiger partial charge in [0.25, 0.3) is 5.91 Å². The molecule has 0 saturated carbocycles. The summed E-state index contributed by atoms with van der Waals surface area (Å²) >= 11 is 0. The Labute approximate surface area is 146 Å². The molecule has 1 amide bonds. The average molecular weight is 333 g/mol. The first-order valence-electron chi connectivity index (χ1n) is 9.00. The summed E-state index contributed by atoms with van der Waals surface area (Å²) in [5.41, 5.74) is 1.18. The van der Waals surface area contributed by atoms with E-state index in [1.54, 1.807) is 0 Å². The van der Waals surface area contributed by atoms with Crippen molar-refractivity contribution in [2.75, 3.05) is 46.3 Å². The number of hydrogen-bond donors (Lipinski definition) is 1. The van der Waals surface area contributed by atoms with Gasteiger partial charge in [0.15, 0.2) is 6.10 Å². The summed E-state index contributed by atoms with van der Waals surface area (Å²) in [7, 11) is 2.16. The molecule has 0 aliphatic carbocycles. The van der Waals surface area contributed by atoms with Crippen LogP contribution in [0.2, 0.25) is 0 Å². The standard InChI is InChI=1S/C19H31N3O2/c1-4-18(24-17-8-6-16(2)7-9-17)19(23)20-10-5-11-22-14-12-21(3)13-15-22/h6-9,18H,4-5,10-15H2,1-3H3,(H,20,23)/t18-/m1/s1. The maximum absolute atomic E-state index is 12.3. The summed E-state index contributed by atoms with van der Waals surface area (Å²) in [4.78, 5) is 17.1. The predicted octanol–water partition coefficient (Wildman–Crippen LogP) is 1.91. The fraction of sp³-hybridized carbons (Fsp3) is 0.632. The van der Waals surface area contributed by atoms with Gasteiger partial charge in [-0.3, -0.25) is 4.79 Å². The lowest BCUT2D eigenvalue weighted by Gasteiger charge is -2.32. The van der Waals surface area contributed by atoms with Crippen molar-refractivity contribution >= 4 is 5.91 Å². The molecule has 0 radical (unpaired) electrons. The molecule has 1 fully saturated rings. The predicted molar refractivity (Wildman–Crippen MR) is 97.4 cm³/mol. The fourth-order valence-corrected chi connectivity index (χ4v) is 2.80. The van der Waals surface area contributed by atoms with Crippen LogP contribution in [-0.2, 0) is 4.79 Å². The van der Waals surface area contributed by atoms with E-state index in [9.17, 15) is 4.79 Å². The molecule has 1 aromatic carbocycles. The van der Waals surface area contributed by atoms with Crippen molar-refractivity contribution in [3.63, 3.8) is 0 Å². The van der Waals surface area contributed by atoms with E-state index in [1.807, 2.05) is 38.1 Å². The average Bonchev–Trinajstić information content (AvgIpc) is 2.59. The van der Waals surface area contributed by atoms with Gasteiger partial charge in [-0.1, -0.05) is 24.6 Å². The maximum Gasteiger partial charge on any atom is 0.261 e. The van der Waals surface area contributed by atoms with Crippen LogP contribution in [0.15, 0.2) is 24.3 Å². The van der Waals surface area contributed by atoms with Crippen LogP contribution in [0.4, 0.5) is 0 Å². The molecule has 1 aliphatic heterocycles. The molecule has 2 rings (SSSR count). The summed E-state index contributed by atoms with van der Waals surface area (Å²) in [5, 5.41) is 3.01. The highest BCUT2D eigenvalue weighted by Crippen LogP contribution is 2.14. The van der Waals surface area contributed by atoms with Gasteiger partial charge in [0.2, 0.25) is 0 Å². The maximum atomic E-state index is 12.3. The minimum absolute atomic E-state index is 0.0172. The van der Waals surface area contributed by atoms with E-state index in [0.29, 0.717) is 13.0 Å². The van der Waals surface area contributed by atoms with Gasteiger partial charge in [0, 0.05) is 32.7 Å². The first kappa shape index (κ1) is 18.7. The summed E-state index contributed by atoms with van der Waals surface area (Å²) in [6, 6.07) is 7.82. The van der Waals surface area contributed by atoms with Crippen molar-refractivity contribution in [2.24, 2.45) is 0 Å². The number of likely N-dealkylation sites (N-methyl/N-ethyl adjacent to an activating group) is 1. The Balaban J connectivity index is 1.67. The zero-order chi connectivity index (χ0) is 17.4. The molecule has 5 heteroatoms. The Bertz CT molecular complexity index is 496. The number of ether oxygens (including phenoxy) is 1. The highest BCUT2D eigenvalue weighted by molar-refractivity contribution is 5.81. The van der Waals surface area contributed by atoms with Crippen molar-refractivity contribution < 1.29 is 9.53 Å². The second-order valence-electron chi connectivity index (χ2n) is 6.62. The number of aryl methyl sites for hydroxylation is 1. The molecule has 5 nitrogen and oxygen atoms in total. The number of benzene rings is 1. The van der Waals surface area contributed by atoms with E-state index in [0.717, 1.165) is 44.9 Å². The monoisotopic (exact) mass is 333 g/mol. The van der Waals surface area contributed by atoms with Gasteiger partial charge >= 0.3 is 0 Å². The van der Waals surface area contributed by atoms with Crippen LogP contribution in [0, 0.1) is 6.92 Å². The molecular formula is C19H31N3O2. The number of nitrogens with zero attached hydrogens (tertiary/aromatic N) is 2. The second-order valence-corrected chi connectivity index (χ2v) is 6.62. The Morgan fingerprint density at radius 1 is 1.21 bits per heavy atom. The number of nitrogens with one attached hydrogen (secondary N) is 1. The number of piperazine rings is 1. The Kier molecular flexibility index (Phi) is 7.53. The molecule has 24 heavy (non-hydrogen) atoms. The molecule has 134 valence electrons. The van der Waals surface area contributed by atoms with Crippen molar-refractivity contribution in [2.45, 2.75) is 32.8 Å². The van der Waals surface area contributed by atoms with Gasteiger partial charge in [-0.15, -0.1) is 0 Å². The number of carbonyl (C=O) groups is 1. The molecule has 0 unspecified atom stereocenters. The highest BCUT2D eigenvalue weighted by atomic mass is 16.5. The summed E-state index contributed by atoms with van der Waals surface area (Å²) in [6.07, 6.45) is 1.23. The summed E-state index contributed by atoms with van der Waals surface area (Å²) in [5.74, 6) is 0.733. The molecule has 0 aromatic heterocycles. The first-order chi connectivity index (χ1) is 11.6. The van der Waals surface area contributed by atoms with Gasteiger partial charge < -0.3 is 19.9 Å². The van der Waals surface area contributed by atoms with E-state index in [4.69, 9.17) is 4.74 Å². The zero-order valence-electron chi connectivity index (χ0n) is 15.3. The van der Waals surface area contributed by atoms with Crippen LogP contribution >= 0.6 is 0 Å². The minimum atomic E-state index is -0.420. The van der Waals surface area contributed by atoms with E-state index in [1.165, 1.54) is 5.56 Å². The van der Waals surface area contributed by atoms with Crippen molar-refractivity contribution in [3.05, 3.63) is 29.8 Å². The molecular weight excluding hydrogens is 302 g/mol. The van der Waals surface area contributed by atoms with E-state index in [-0.39, 0.29) is 5.91 Å². The minimum Gasteiger partial charge on any atom is -0.481 e. The van der Waals surface area contributed by atoms with Crippen LogP contribution in [0.25, 0.3) is 0 Å². The van der Waals surface area contributed by atoms with E-state index >= 15 is 0 Å². The molecule has 1 N–H and O–H groups in total. The van der Waals surface area contributed by atoms with E-state index in [2.05, 4.69) is 22.2 Å². The molecule has 1 atom stereocenters. The van der Waals surface area contributed by atoms with Gasteiger partial charge in [-0.05, 0) is 45.5 Å². The van der Waals surface area contributed by atoms with Gasteiger partial charge in [0.1, 0.15) is 5.75 Å². The van der Waals surface area contributed by atoms with Crippen LogP contribution < -0.4 is 10.1 Å². The van der Waals surface area contributed by atoms with E-state index < -0.39 is 6.10 Å². The molecule has 1 saturated heterocycles. The third-order valence-electron chi connectivity index (χ3n) is 4.51. The topological polar surface area (TPSA) is 44.8 Å². The number of hydrogen-bond acceptors (Lipinski definition) is 4. The summed E-state index contributed by atoms with van der Waals surface area (Å²) in [6.45, 7) is 10.3. The third kappa shape index (κ3) is 6.13. The Morgan fingerprint density at radius 3 is 2.50 bits per heavy atom. The van der Waals surface area contributed by atoms with Gasteiger partial charge in [0.05, 0.1) is 0 Å². The largest absolute Gasteiger partial charge is 0.481 e. The molecule has 1 aliphatic rings. The van der Waals surface area contributed by atoms with Gasteiger partial charge in [-0.25, -0.2) is 0 Å². The number of rotatable bonds is 8. The quantitative estimate of drug-likeness (QED) is 0.738. The molecule has 0 bridgehead atoms. The zero-order valence-corrected chi connectivity index (χ0v) is 15.3. The lowest BCUT2D eigenvalue weighted by atomic mass is 10.2. The van der Waals surface area contributed by atoms with Crippen molar-refractivity contribution in [3.8, 4) is 5.75 Å². The van der Waals surface area contributed by atoms with Crippen LogP contribution in [0.3, 0.4) is 0 Å². The molecule has 0 spiro atoms. The summed E-state index contributed by atoms with van der Waals surface area (Å²) < 4.78 is 5.81. The Morgan fingerprint density at radius 2 is 1.88 bits per heavy atom. The fourth-order valence-electron chi connectivity index (χ4n) is 2.80. The number of carbonyl (C=O) groups excluding carboxylic acids is 1. The smallest absolute Gasteiger partial charge is 0.261 e. The van der Waals surface area contributed by atoms with Crippen molar-refractivity contribution in [1.29, 1.82) is 0 Å². The normalized spacial score (nSPS) is 17.5.